The molecule has 2 N–H and O–H groups in total. The number of rotatable bonds is 7. The van der Waals surface area contributed by atoms with E-state index in [9.17, 15) is 4.79 Å². The standard InChI is InChI=1S/C23H24N4O4/c1-5-27-20-7-6-16(29-2)8-14(20)11-21(27)19-13-22(26-25-19)24-23(28)15-9-17(30-3)12-18(10-15)31-4/h6-13H,5H2,1-4H3,(H2,24,25,26,28). The Morgan fingerprint density at radius 3 is 2.32 bits per heavy atom. The molecular formula is C23H24N4O4. The predicted octanol–water partition coefficient (Wildman–Crippen LogP) is 4.33. The molecule has 8 nitrogen and oxygen atoms in total. The molecule has 2 aromatic heterocycles. The Balaban J connectivity index is 1.62. The first-order valence-corrected chi connectivity index (χ1v) is 9.83. The van der Waals surface area contributed by atoms with Crippen molar-refractivity contribution in [3.05, 3.63) is 54.1 Å². The number of fused-ring (bicyclic) bond motifs is 1. The number of hydrogen-bond acceptors (Lipinski definition) is 5. The van der Waals surface area contributed by atoms with Crippen LogP contribution in [0.4, 0.5) is 5.82 Å². The Labute approximate surface area is 179 Å². The molecule has 0 spiro atoms. The molecule has 8 heteroatoms. The number of aromatic amines is 1. The third-order valence-corrected chi connectivity index (χ3v) is 5.13. The predicted molar refractivity (Wildman–Crippen MR) is 119 cm³/mol. The summed E-state index contributed by atoms with van der Waals surface area (Å²) < 4.78 is 18.0. The number of amides is 1. The SMILES string of the molecule is CCn1c(-c2cc(NC(=O)c3cc(OC)cc(OC)c3)n[nH]2)cc2cc(OC)ccc21. The van der Waals surface area contributed by atoms with Crippen molar-refractivity contribution in [1.82, 2.24) is 14.8 Å². The van der Waals surface area contributed by atoms with Gasteiger partial charge >= 0.3 is 0 Å². The maximum Gasteiger partial charge on any atom is 0.257 e. The molecule has 0 radical (unpaired) electrons. The van der Waals surface area contributed by atoms with Gasteiger partial charge in [-0.15, -0.1) is 0 Å². The van der Waals surface area contributed by atoms with Crippen LogP contribution in [0.15, 0.2) is 48.5 Å². The number of ether oxygens (including phenoxy) is 3. The molecule has 0 atom stereocenters. The molecule has 2 heterocycles. The highest BCUT2D eigenvalue weighted by atomic mass is 16.5. The summed E-state index contributed by atoms with van der Waals surface area (Å²) >= 11 is 0. The van der Waals surface area contributed by atoms with Gasteiger partial charge < -0.3 is 24.1 Å². The summed E-state index contributed by atoms with van der Waals surface area (Å²) in [4.78, 5) is 12.7. The summed E-state index contributed by atoms with van der Waals surface area (Å²) in [5.74, 6) is 1.99. The molecule has 0 aliphatic carbocycles. The number of methoxy groups -OCH3 is 3. The quantitative estimate of drug-likeness (QED) is 0.464. The molecule has 160 valence electrons. The minimum absolute atomic E-state index is 0.309. The number of hydrogen-bond donors (Lipinski definition) is 2. The molecule has 31 heavy (non-hydrogen) atoms. The molecule has 0 bridgehead atoms. The van der Waals surface area contributed by atoms with Crippen molar-refractivity contribution in [2.45, 2.75) is 13.5 Å². The molecule has 0 saturated carbocycles. The first kappa shape index (κ1) is 20.3. The van der Waals surface area contributed by atoms with E-state index < -0.39 is 0 Å². The van der Waals surface area contributed by atoms with Gasteiger partial charge in [-0.25, -0.2) is 0 Å². The topological polar surface area (TPSA) is 90.4 Å². The maximum absolute atomic E-state index is 12.7. The number of carbonyl (C=O) groups is 1. The molecule has 0 aliphatic rings. The number of anilines is 1. The third kappa shape index (κ3) is 3.92. The second-order valence-corrected chi connectivity index (χ2v) is 6.92. The van der Waals surface area contributed by atoms with Crippen LogP contribution >= 0.6 is 0 Å². The highest BCUT2D eigenvalue weighted by Gasteiger charge is 2.15. The van der Waals surface area contributed by atoms with Gasteiger partial charge in [-0.3, -0.25) is 9.89 Å². The summed E-state index contributed by atoms with van der Waals surface area (Å²) in [6, 6.07) is 14.9. The maximum atomic E-state index is 12.7. The fourth-order valence-corrected chi connectivity index (χ4v) is 3.58. The number of nitrogens with one attached hydrogen (secondary N) is 2. The van der Waals surface area contributed by atoms with Crippen LogP contribution in [-0.2, 0) is 6.54 Å². The summed E-state index contributed by atoms with van der Waals surface area (Å²) in [7, 11) is 4.73. The van der Waals surface area contributed by atoms with Crippen LogP contribution in [0.1, 0.15) is 17.3 Å². The smallest absolute Gasteiger partial charge is 0.257 e. The van der Waals surface area contributed by atoms with Crippen LogP contribution in [0, 0.1) is 0 Å². The summed E-state index contributed by atoms with van der Waals surface area (Å²) in [5, 5.41) is 11.2. The van der Waals surface area contributed by atoms with E-state index >= 15 is 0 Å². The van der Waals surface area contributed by atoms with Crippen LogP contribution in [0.2, 0.25) is 0 Å². The van der Waals surface area contributed by atoms with Crippen molar-refractivity contribution in [2.24, 2.45) is 0 Å². The second-order valence-electron chi connectivity index (χ2n) is 6.92. The van der Waals surface area contributed by atoms with Crippen molar-refractivity contribution in [2.75, 3.05) is 26.6 Å². The fourth-order valence-electron chi connectivity index (χ4n) is 3.58. The van der Waals surface area contributed by atoms with E-state index in [0.717, 1.165) is 34.6 Å². The second kappa shape index (κ2) is 8.43. The van der Waals surface area contributed by atoms with Gasteiger partial charge in [0, 0.05) is 35.1 Å². The molecule has 0 fully saturated rings. The number of benzene rings is 2. The summed E-state index contributed by atoms with van der Waals surface area (Å²) in [6.07, 6.45) is 0. The molecule has 1 amide bonds. The number of carbonyl (C=O) groups excluding carboxylic acids is 1. The zero-order valence-corrected chi connectivity index (χ0v) is 17.9. The lowest BCUT2D eigenvalue weighted by atomic mass is 10.2. The van der Waals surface area contributed by atoms with Gasteiger partial charge in [0.15, 0.2) is 5.82 Å². The average Bonchev–Trinajstić information content (AvgIpc) is 3.41. The van der Waals surface area contributed by atoms with Crippen molar-refractivity contribution < 1.29 is 19.0 Å². The summed E-state index contributed by atoms with van der Waals surface area (Å²) in [6.45, 7) is 2.87. The lowest BCUT2D eigenvalue weighted by Gasteiger charge is -2.08. The zero-order valence-electron chi connectivity index (χ0n) is 17.9. The van der Waals surface area contributed by atoms with Crippen molar-refractivity contribution in [1.29, 1.82) is 0 Å². The van der Waals surface area contributed by atoms with E-state index in [1.54, 1.807) is 39.5 Å². The van der Waals surface area contributed by atoms with E-state index in [-0.39, 0.29) is 5.91 Å². The zero-order chi connectivity index (χ0) is 22.0. The highest BCUT2D eigenvalue weighted by molar-refractivity contribution is 6.04. The number of nitrogens with zero attached hydrogens (tertiary/aromatic N) is 2. The van der Waals surface area contributed by atoms with E-state index in [0.29, 0.717) is 22.9 Å². The van der Waals surface area contributed by atoms with Crippen molar-refractivity contribution >= 4 is 22.6 Å². The largest absolute Gasteiger partial charge is 0.497 e. The Kier molecular flexibility index (Phi) is 5.53. The van der Waals surface area contributed by atoms with Crippen LogP contribution < -0.4 is 19.5 Å². The minimum atomic E-state index is -0.309. The average molecular weight is 420 g/mol. The third-order valence-electron chi connectivity index (χ3n) is 5.13. The van der Waals surface area contributed by atoms with E-state index in [1.165, 1.54) is 0 Å². The van der Waals surface area contributed by atoms with Gasteiger partial charge in [-0.05, 0) is 43.3 Å². The van der Waals surface area contributed by atoms with Crippen LogP contribution in [0.25, 0.3) is 22.3 Å². The molecule has 0 aliphatic heterocycles. The van der Waals surface area contributed by atoms with Crippen molar-refractivity contribution in [3.63, 3.8) is 0 Å². The van der Waals surface area contributed by atoms with Gasteiger partial charge in [0.2, 0.25) is 0 Å². The molecule has 4 rings (SSSR count). The van der Waals surface area contributed by atoms with Crippen LogP contribution in [-0.4, -0.2) is 42.0 Å². The Bertz CT molecular complexity index is 1220. The van der Waals surface area contributed by atoms with E-state index in [4.69, 9.17) is 14.2 Å². The van der Waals surface area contributed by atoms with Crippen LogP contribution in [0.5, 0.6) is 17.2 Å². The normalized spacial score (nSPS) is 10.8. The number of aromatic nitrogens is 3. The highest BCUT2D eigenvalue weighted by Crippen LogP contribution is 2.31. The first-order valence-electron chi connectivity index (χ1n) is 9.83. The monoisotopic (exact) mass is 420 g/mol. The molecule has 2 aromatic carbocycles. The Morgan fingerprint density at radius 2 is 1.68 bits per heavy atom. The lowest BCUT2D eigenvalue weighted by molar-refractivity contribution is 0.102. The van der Waals surface area contributed by atoms with Crippen molar-refractivity contribution in [3.8, 4) is 28.6 Å². The van der Waals surface area contributed by atoms with Crippen LogP contribution in [0.3, 0.4) is 0 Å². The molecule has 0 saturated heterocycles. The number of aryl methyl sites for hydroxylation is 1. The number of H-pyrrole nitrogens is 1. The van der Waals surface area contributed by atoms with Gasteiger partial charge in [0.05, 0.1) is 32.7 Å². The Morgan fingerprint density at radius 1 is 0.968 bits per heavy atom. The first-order chi connectivity index (χ1) is 15.1. The Hall–Kier alpha value is -3.94. The molecular weight excluding hydrogens is 396 g/mol. The van der Waals surface area contributed by atoms with Gasteiger partial charge in [-0.1, -0.05) is 0 Å². The van der Waals surface area contributed by atoms with E-state index in [2.05, 4.69) is 33.1 Å². The molecule has 0 unspecified atom stereocenters. The lowest BCUT2D eigenvalue weighted by Crippen LogP contribution is -2.12. The fraction of sp³-hybridized carbons (Fsp3) is 0.217. The minimum Gasteiger partial charge on any atom is -0.497 e. The van der Waals surface area contributed by atoms with Gasteiger partial charge in [-0.2, -0.15) is 5.10 Å². The molecule has 4 aromatic rings. The van der Waals surface area contributed by atoms with Gasteiger partial charge in [0.25, 0.3) is 5.91 Å². The van der Waals surface area contributed by atoms with Gasteiger partial charge in [0.1, 0.15) is 17.2 Å². The summed E-state index contributed by atoms with van der Waals surface area (Å²) in [5.41, 5.74) is 3.29. The van der Waals surface area contributed by atoms with E-state index in [1.807, 2.05) is 24.3 Å².